The van der Waals surface area contributed by atoms with E-state index in [1.807, 2.05) is 31.4 Å². The molecule has 3 rings (SSSR count). The number of nitrogens with one attached hydrogen (secondary N) is 2. The molecule has 0 atom stereocenters. The second-order valence-corrected chi connectivity index (χ2v) is 7.25. The number of aliphatic imine (C=N–C) groups is 1. The summed E-state index contributed by atoms with van der Waals surface area (Å²) in [6.45, 7) is 2.61. The lowest BCUT2D eigenvalue weighted by Gasteiger charge is -2.29. The number of imidazole rings is 1. The molecule has 0 aromatic carbocycles. The highest BCUT2D eigenvalue weighted by Crippen LogP contribution is 2.40. The van der Waals surface area contributed by atoms with Crippen molar-refractivity contribution in [3.05, 3.63) is 36.3 Å². The van der Waals surface area contributed by atoms with Gasteiger partial charge in [0.05, 0.1) is 5.69 Å². The predicted octanol–water partition coefficient (Wildman–Crippen LogP) is 2.64. The number of ether oxygens (including phenoxy) is 1. The first kappa shape index (κ1) is 18.7. The van der Waals surface area contributed by atoms with Crippen molar-refractivity contribution in [3.63, 3.8) is 0 Å². The summed E-state index contributed by atoms with van der Waals surface area (Å²) in [4.78, 5) is 9.01. The average molecular weight is 358 g/mol. The van der Waals surface area contributed by atoms with Crippen LogP contribution in [0.2, 0.25) is 0 Å². The maximum Gasteiger partial charge on any atom is 0.191 e. The Kier molecular flexibility index (Phi) is 6.50. The summed E-state index contributed by atoms with van der Waals surface area (Å²) in [6, 6.07) is 6.06. The Morgan fingerprint density at radius 1 is 1.31 bits per heavy atom. The molecule has 26 heavy (non-hydrogen) atoms. The molecule has 2 heterocycles. The molecule has 142 valence electrons. The molecule has 0 bridgehead atoms. The maximum atomic E-state index is 5.32. The molecule has 0 spiro atoms. The SMILES string of the molecule is CN=C(NCCc1cn2ccccc2n1)NCC1(CCOC)CCCC1. The molecule has 6 nitrogen and oxygen atoms in total. The first-order valence-electron chi connectivity index (χ1n) is 9.61. The van der Waals surface area contributed by atoms with Crippen molar-refractivity contribution in [1.82, 2.24) is 20.0 Å². The topological polar surface area (TPSA) is 63.0 Å². The third-order valence-electron chi connectivity index (χ3n) is 5.44. The van der Waals surface area contributed by atoms with Crippen LogP contribution in [0, 0.1) is 5.41 Å². The largest absolute Gasteiger partial charge is 0.385 e. The molecular formula is C20H31N5O. The number of fused-ring (bicyclic) bond motifs is 1. The Hall–Kier alpha value is -2.08. The molecule has 0 aliphatic heterocycles. The summed E-state index contributed by atoms with van der Waals surface area (Å²) in [5, 5.41) is 6.95. The zero-order valence-electron chi connectivity index (χ0n) is 16.0. The third-order valence-corrected chi connectivity index (χ3v) is 5.44. The molecule has 2 aromatic rings. The van der Waals surface area contributed by atoms with Gasteiger partial charge in [-0.05, 0) is 36.8 Å². The number of methoxy groups -OCH3 is 1. The van der Waals surface area contributed by atoms with Crippen molar-refractivity contribution in [2.24, 2.45) is 10.4 Å². The molecule has 0 amide bonds. The average Bonchev–Trinajstić information content (AvgIpc) is 3.30. The van der Waals surface area contributed by atoms with Crippen molar-refractivity contribution >= 4 is 11.6 Å². The van der Waals surface area contributed by atoms with E-state index in [-0.39, 0.29) is 0 Å². The smallest absolute Gasteiger partial charge is 0.191 e. The molecular weight excluding hydrogens is 326 g/mol. The van der Waals surface area contributed by atoms with E-state index in [4.69, 9.17) is 4.74 Å². The first-order valence-corrected chi connectivity index (χ1v) is 9.61. The van der Waals surface area contributed by atoms with E-state index in [9.17, 15) is 0 Å². The van der Waals surface area contributed by atoms with Gasteiger partial charge in [0.2, 0.25) is 0 Å². The van der Waals surface area contributed by atoms with Crippen LogP contribution in [-0.4, -0.2) is 49.2 Å². The Morgan fingerprint density at radius 3 is 2.88 bits per heavy atom. The van der Waals surface area contributed by atoms with Crippen molar-refractivity contribution in [2.75, 3.05) is 33.9 Å². The molecule has 1 aliphatic rings. The highest BCUT2D eigenvalue weighted by atomic mass is 16.5. The van der Waals surface area contributed by atoms with Gasteiger partial charge < -0.3 is 19.8 Å². The number of aromatic nitrogens is 2. The van der Waals surface area contributed by atoms with Crippen LogP contribution >= 0.6 is 0 Å². The molecule has 0 unspecified atom stereocenters. The monoisotopic (exact) mass is 357 g/mol. The summed E-state index contributed by atoms with van der Waals surface area (Å²) in [5.74, 6) is 0.873. The third kappa shape index (κ3) is 4.75. The van der Waals surface area contributed by atoms with Gasteiger partial charge in [0.1, 0.15) is 5.65 Å². The van der Waals surface area contributed by atoms with Crippen LogP contribution in [0.25, 0.3) is 5.65 Å². The molecule has 0 radical (unpaired) electrons. The second kappa shape index (κ2) is 9.03. The zero-order chi connectivity index (χ0) is 18.2. The van der Waals surface area contributed by atoms with Gasteiger partial charge in [0.15, 0.2) is 5.96 Å². The van der Waals surface area contributed by atoms with Gasteiger partial charge >= 0.3 is 0 Å². The highest BCUT2D eigenvalue weighted by Gasteiger charge is 2.33. The summed E-state index contributed by atoms with van der Waals surface area (Å²) < 4.78 is 7.38. The Balaban J connectivity index is 1.47. The number of hydrogen-bond donors (Lipinski definition) is 2. The Morgan fingerprint density at radius 2 is 2.15 bits per heavy atom. The molecule has 6 heteroatoms. The van der Waals surface area contributed by atoms with Gasteiger partial charge in [-0.3, -0.25) is 4.99 Å². The lowest BCUT2D eigenvalue weighted by Crippen LogP contribution is -2.43. The Labute approximate surface area is 156 Å². The number of rotatable bonds is 8. The van der Waals surface area contributed by atoms with Crippen LogP contribution in [0.1, 0.15) is 37.8 Å². The number of pyridine rings is 1. The van der Waals surface area contributed by atoms with Crippen LogP contribution in [0.15, 0.2) is 35.6 Å². The van der Waals surface area contributed by atoms with E-state index in [1.54, 1.807) is 7.11 Å². The second-order valence-electron chi connectivity index (χ2n) is 7.25. The fraction of sp³-hybridized carbons (Fsp3) is 0.600. The number of guanidine groups is 1. The van der Waals surface area contributed by atoms with Gasteiger partial charge in [0, 0.05) is 52.7 Å². The molecule has 2 aromatic heterocycles. The molecule has 0 saturated heterocycles. The van der Waals surface area contributed by atoms with Gasteiger partial charge in [0.25, 0.3) is 0 Å². The fourth-order valence-electron chi connectivity index (χ4n) is 3.87. The summed E-state index contributed by atoms with van der Waals surface area (Å²) >= 11 is 0. The zero-order valence-corrected chi connectivity index (χ0v) is 16.0. The summed E-state index contributed by atoms with van der Waals surface area (Å²) in [7, 11) is 3.62. The standard InChI is InChI=1S/C20H31N5O/c1-21-19(23-16-20(11-14-26-2)9-4-5-10-20)22-12-8-17-15-25-13-6-3-7-18(25)24-17/h3,6-7,13,15H,4-5,8-12,14,16H2,1-2H3,(H2,21,22,23). The van der Waals surface area contributed by atoms with E-state index in [2.05, 4.69) is 31.2 Å². The Bertz CT molecular complexity index is 685. The lowest BCUT2D eigenvalue weighted by molar-refractivity contribution is 0.138. The van der Waals surface area contributed by atoms with Crippen LogP contribution in [0.3, 0.4) is 0 Å². The fourth-order valence-corrected chi connectivity index (χ4v) is 3.87. The summed E-state index contributed by atoms with van der Waals surface area (Å²) in [6.07, 6.45) is 11.3. The van der Waals surface area contributed by atoms with E-state index >= 15 is 0 Å². The van der Waals surface area contributed by atoms with Gasteiger partial charge in [-0.1, -0.05) is 18.9 Å². The van der Waals surface area contributed by atoms with Gasteiger partial charge in [-0.2, -0.15) is 0 Å². The minimum Gasteiger partial charge on any atom is -0.385 e. The van der Waals surface area contributed by atoms with Crippen molar-refractivity contribution in [3.8, 4) is 0 Å². The van der Waals surface area contributed by atoms with E-state index in [1.165, 1.54) is 25.7 Å². The summed E-state index contributed by atoms with van der Waals surface area (Å²) in [5.41, 5.74) is 2.44. The molecule has 1 aliphatic carbocycles. The quantitative estimate of drug-likeness (QED) is 0.563. The number of nitrogens with zero attached hydrogens (tertiary/aromatic N) is 3. The molecule has 1 saturated carbocycles. The number of hydrogen-bond acceptors (Lipinski definition) is 3. The van der Waals surface area contributed by atoms with Gasteiger partial charge in [-0.25, -0.2) is 4.98 Å². The van der Waals surface area contributed by atoms with Crippen molar-refractivity contribution in [2.45, 2.75) is 38.5 Å². The van der Waals surface area contributed by atoms with Crippen molar-refractivity contribution < 1.29 is 4.74 Å². The van der Waals surface area contributed by atoms with Crippen molar-refractivity contribution in [1.29, 1.82) is 0 Å². The highest BCUT2D eigenvalue weighted by molar-refractivity contribution is 5.79. The molecule has 1 fully saturated rings. The van der Waals surface area contributed by atoms with E-state index in [0.29, 0.717) is 5.41 Å². The van der Waals surface area contributed by atoms with Crippen LogP contribution in [0.4, 0.5) is 0 Å². The van der Waals surface area contributed by atoms with Crippen LogP contribution in [-0.2, 0) is 11.2 Å². The van der Waals surface area contributed by atoms with Crippen LogP contribution in [0.5, 0.6) is 0 Å². The molecule has 2 N–H and O–H groups in total. The predicted molar refractivity (Wildman–Crippen MR) is 106 cm³/mol. The van der Waals surface area contributed by atoms with E-state index in [0.717, 1.165) is 49.8 Å². The minimum absolute atomic E-state index is 0.356. The lowest BCUT2D eigenvalue weighted by atomic mass is 9.83. The maximum absolute atomic E-state index is 5.32. The minimum atomic E-state index is 0.356. The van der Waals surface area contributed by atoms with E-state index < -0.39 is 0 Å². The normalized spacial score (nSPS) is 16.9. The van der Waals surface area contributed by atoms with Crippen LogP contribution < -0.4 is 10.6 Å². The van der Waals surface area contributed by atoms with Gasteiger partial charge in [-0.15, -0.1) is 0 Å². The first-order chi connectivity index (χ1) is 12.7.